The topological polar surface area (TPSA) is 157 Å². The first kappa shape index (κ1) is 28.1. The fourth-order valence-corrected chi connectivity index (χ4v) is 8.24. The zero-order valence-electron chi connectivity index (χ0n) is 21.8. The molecule has 4 saturated carbocycles. The minimum absolute atomic E-state index is 0.0154. The lowest BCUT2D eigenvalue weighted by Gasteiger charge is -2.60. The molecule has 0 unspecified atom stereocenters. The summed E-state index contributed by atoms with van der Waals surface area (Å²) in [6, 6.07) is 0. The third kappa shape index (κ3) is 5.03. The van der Waals surface area contributed by atoms with E-state index in [-0.39, 0.29) is 47.4 Å². The summed E-state index contributed by atoms with van der Waals surface area (Å²) in [5.41, 5.74) is 2.64. The molecule has 0 aromatic heterocycles. The molecule has 0 amide bonds. The Hall–Kier alpha value is -1.51. The first-order valence-corrected chi connectivity index (χ1v) is 13.6. The molecular weight excluding hydrogens is 446 g/mol. The number of fused-ring (bicyclic) bond motifs is 5. The molecule has 4 aliphatic rings. The van der Waals surface area contributed by atoms with Crippen molar-refractivity contribution in [3.05, 3.63) is 0 Å². The quantitative estimate of drug-likeness (QED) is 0.188. The number of rotatable bonds is 6. The van der Waals surface area contributed by atoms with Crippen molar-refractivity contribution in [1.82, 2.24) is 5.32 Å². The number of Topliss-reactive ketones (excluding diaryl/α,β-unsaturated/α-hetero) is 2. The highest BCUT2D eigenvalue weighted by Gasteiger charge is 2.68. The number of guanidine groups is 1. The number of hydrogen-bond acceptors (Lipinski definition) is 6. The molecule has 0 radical (unpaired) electrons. The van der Waals surface area contributed by atoms with Gasteiger partial charge in [0.1, 0.15) is 18.0 Å². The van der Waals surface area contributed by atoms with Gasteiger partial charge in [0.2, 0.25) is 0 Å². The first-order valence-electron chi connectivity index (χ1n) is 13.6. The maximum atomic E-state index is 13.4. The van der Waals surface area contributed by atoms with Crippen LogP contribution in [0.1, 0.15) is 91.4 Å². The molecular formula is C27H47N3O5. The predicted octanol–water partition coefficient (Wildman–Crippen LogP) is 2.52. The van der Waals surface area contributed by atoms with Gasteiger partial charge in [0, 0.05) is 24.3 Å². The SMILES string of the molecule is CCCCCNC(=N)N.C[C@]12CC[C@@H](O)C[C@H]1CC[C@@H]1[C@@H]2C(=O)C[C@@]2(C)[C@H]1CC[C@]2(O)C(=O)CO. The van der Waals surface area contributed by atoms with Gasteiger partial charge in [-0.3, -0.25) is 15.0 Å². The second-order valence-corrected chi connectivity index (χ2v) is 12.0. The van der Waals surface area contributed by atoms with Gasteiger partial charge in [-0.25, -0.2) is 0 Å². The highest BCUT2D eigenvalue weighted by atomic mass is 16.3. The van der Waals surface area contributed by atoms with Gasteiger partial charge in [-0.15, -0.1) is 0 Å². The fraction of sp³-hybridized carbons (Fsp3) is 0.889. The van der Waals surface area contributed by atoms with Gasteiger partial charge in [0.05, 0.1) is 6.10 Å². The van der Waals surface area contributed by atoms with Crippen LogP contribution >= 0.6 is 0 Å². The average molecular weight is 494 g/mol. The van der Waals surface area contributed by atoms with Crippen molar-refractivity contribution in [1.29, 1.82) is 5.41 Å². The van der Waals surface area contributed by atoms with E-state index in [4.69, 9.17) is 11.1 Å². The molecule has 0 saturated heterocycles. The lowest BCUT2D eigenvalue weighted by atomic mass is 9.44. The van der Waals surface area contributed by atoms with E-state index in [0.717, 1.165) is 51.5 Å². The molecule has 4 aliphatic carbocycles. The Labute approximate surface area is 209 Å². The van der Waals surface area contributed by atoms with Crippen LogP contribution in [-0.4, -0.2) is 57.7 Å². The van der Waals surface area contributed by atoms with Gasteiger partial charge in [-0.1, -0.05) is 33.6 Å². The van der Waals surface area contributed by atoms with Crippen molar-refractivity contribution >= 4 is 17.5 Å². The molecule has 200 valence electrons. The maximum Gasteiger partial charge on any atom is 0.190 e. The van der Waals surface area contributed by atoms with Gasteiger partial charge in [-0.05, 0) is 74.5 Å². The van der Waals surface area contributed by atoms with Crippen LogP contribution in [0.5, 0.6) is 0 Å². The van der Waals surface area contributed by atoms with Crippen LogP contribution in [0, 0.1) is 39.9 Å². The van der Waals surface area contributed by atoms with E-state index < -0.39 is 23.4 Å². The van der Waals surface area contributed by atoms with Crippen LogP contribution in [-0.2, 0) is 9.59 Å². The number of hydrogen-bond donors (Lipinski definition) is 6. The smallest absolute Gasteiger partial charge is 0.190 e. The number of unbranched alkanes of at least 4 members (excludes halogenated alkanes) is 2. The number of nitrogens with one attached hydrogen (secondary N) is 2. The van der Waals surface area contributed by atoms with Gasteiger partial charge in [-0.2, -0.15) is 0 Å². The molecule has 0 bridgehead atoms. The zero-order chi connectivity index (χ0) is 26.0. The monoisotopic (exact) mass is 493 g/mol. The molecule has 8 heteroatoms. The van der Waals surface area contributed by atoms with E-state index in [1.165, 1.54) is 12.8 Å². The summed E-state index contributed by atoms with van der Waals surface area (Å²) in [5.74, 6) is 0.455. The van der Waals surface area contributed by atoms with Crippen molar-refractivity contribution in [3.63, 3.8) is 0 Å². The number of nitrogens with two attached hydrogens (primary N) is 1. The summed E-state index contributed by atoms with van der Waals surface area (Å²) in [4.78, 5) is 25.7. The Balaban J connectivity index is 0.000000327. The van der Waals surface area contributed by atoms with Crippen LogP contribution in [0.3, 0.4) is 0 Å². The van der Waals surface area contributed by atoms with E-state index in [0.29, 0.717) is 12.3 Å². The summed E-state index contributed by atoms with van der Waals surface area (Å²) in [7, 11) is 0. The second kappa shape index (κ2) is 10.9. The molecule has 7 N–H and O–H groups in total. The van der Waals surface area contributed by atoms with E-state index in [1.54, 1.807) is 0 Å². The Morgan fingerprint density at radius 2 is 1.89 bits per heavy atom. The van der Waals surface area contributed by atoms with E-state index in [9.17, 15) is 24.9 Å². The van der Waals surface area contributed by atoms with Gasteiger partial charge >= 0.3 is 0 Å². The molecule has 8 nitrogen and oxygen atoms in total. The van der Waals surface area contributed by atoms with Crippen molar-refractivity contribution in [2.45, 2.75) is 103 Å². The number of ketones is 2. The Morgan fingerprint density at radius 1 is 1.17 bits per heavy atom. The molecule has 4 rings (SSSR count). The minimum Gasteiger partial charge on any atom is -0.393 e. The van der Waals surface area contributed by atoms with E-state index in [1.807, 2.05) is 6.92 Å². The number of aliphatic hydroxyl groups excluding tert-OH is 2. The van der Waals surface area contributed by atoms with Crippen LogP contribution in [0.2, 0.25) is 0 Å². The maximum absolute atomic E-state index is 13.4. The van der Waals surface area contributed by atoms with Crippen molar-refractivity contribution in [2.75, 3.05) is 13.2 Å². The number of aliphatic hydroxyl groups is 3. The summed E-state index contributed by atoms with van der Waals surface area (Å²) < 4.78 is 0. The molecule has 4 fully saturated rings. The predicted molar refractivity (Wildman–Crippen MR) is 135 cm³/mol. The molecule has 35 heavy (non-hydrogen) atoms. The van der Waals surface area contributed by atoms with E-state index in [2.05, 4.69) is 19.2 Å². The summed E-state index contributed by atoms with van der Waals surface area (Å²) in [6.45, 7) is 6.45. The lowest BCUT2D eigenvalue weighted by molar-refractivity contribution is -0.180. The molecule has 0 aromatic rings. The van der Waals surface area contributed by atoms with Gasteiger partial charge in [0.15, 0.2) is 11.7 Å². The van der Waals surface area contributed by atoms with Gasteiger partial charge in [0.25, 0.3) is 0 Å². The molecule has 0 spiro atoms. The van der Waals surface area contributed by atoms with Crippen LogP contribution in [0.15, 0.2) is 0 Å². The number of carbonyl (C=O) groups excluding carboxylic acids is 2. The summed E-state index contributed by atoms with van der Waals surface area (Å²) >= 11 is 0. The molecule has 8 atom stereocenters. The fourth-order valence-electron chi connectivity index (χ4n) is 8.24. The standard InChI is InChI=1S/C21H32O5.C6H15N3/c1-19-7-5-13(23)9-12(19)3-4-14-15-6-8-21(26,17(25)11-22)20(15,2)10-16(24)18(14)19;1-2-3-4-5-9-6(7)8/h12-15,18,22-23,26H,3-11H2,1-2H3;2-5H2,1H3,(H4,7,8,9)/t12-,13-,14+,15+,18-,19+,20+,21+;/m1./s1. The van der Waals surface area contributed by atoms with Crippen molar-refractivity contribution in [3.8, 4) is 0 Å². The van der Waals surface area contributed by atoms with Crippen LogP contribution in [0.4, 0.5) is 0 Å². The van der Waals surface area contributed by atoms with Crippen molar-refractivity contribution in [2.24, 2.45) is 40.2 Å². The molecule has 0 heterocycles. The van der Waals surface area contributed by atoms with Crippen LogP contribution in [0.25, 0.3) is 0 Å². The minimum atomic E-state index is -1.58. The van der Waals surface area contributed by atoms with Crippen LogP contribution < -0.4 is 11.1 Å². The molecule has 0 aromatic carbocycles. The Bertz CT molecular complexity index is 806. The van der Waals surface area contributed by atoms with Gasteiger partial charge < -0.3 is 26.4 Å². The zero-order valence-corrected chi connectivity index (χ0v) is 21.8. The largest absolute Gasteiger partial charge is 0.393 e. The van der Waals surface area contributed by atoms with Crippen molar-refractivity contribution < 1.29 is 24.9 Å². The second-order valence-electron chi connectivity index (χ2n) is 12.0. The first-order chi connectivity index (χ1) is 16.4. The highest BCUT2D eigenvalue weighted by Crippen LogP contribution is 2.67. The third-order valence-corrected chi connectivity index (χ3v) is 10.2. The van der Waals surface area contributed by atoms with E-state index >= 15 is 0 Å². The third-order valence-electron chi connectivity index (χ3n) is 10.2. The lowest BCUT2D eigenvalue weighted by Crippen LogP contribution is -2.62. The average Bonchev–Trinajstić information content (AvgIpc) is 3.08. The normalized spacial score (nSPS) is 42.1. The Morgan fingerprint density at radius 3 is 2.51 bits per heavy atom. The summed E-state index contributed by atoms with van der Waals surface area (Å²) in [6.07, 6.45) is 9.00. The Kier molecular flexibility index (Phi) is 8.70. The highest BCUT2D eigenvalue weighted by molar-refractivity contribution is 5.92. The summed E-state index contributed by atoms with van der Waals surface area (Å²) in [5, 5.41) is 40.2. The molecule has 0 aliphatic heterocycles. The number of carbonyl (C=O) groups is 2.